The molecule has 0 saturated carbocycles. The molecule has 116 valence electrons. The summed E-state index contributed by atoms with van der Waals surface area (Å²) in [4.78, 5) is 37.8. The van der Waals surface area contributed by atoms with Crippen molar-refractivity contribution in [1.29, 1.82) is 0 Å². The van der Waals surface area contributed by atoms with Gasteiger partial charge in [0.1, 0.15) is 0 Å². The van der Waals surface area contributed by atoms with Crippen LogP contribution >= 0.6 is 0 Å². The number of nitrogen functional groups attached to an aromatic ring is 1. The van der Waals surface area contributed by atoms with Crippen LogP contribution in [-0.4, -0.2) is 24.3 Å². The van der Waals surface area contributed by atoms with Crippen molar-refractivity contribution in [2.75, 3.05) is 17.2 Å². The summed E-state index contributed by atoms with van der Waals surface area (Å²) in [5.74, 6) is -2.40. The standard InChI is InChI=1S/C17H15N3O3/c18-13-7-3-2-6-12(13)15(21)19-16(22)17(23)20-10-9-11-5-1-4-8-14(11)20/h1-8H,9-10,18H2,(H,19,21,22). The second-order valence-corrected chi connectivity index (χ2v) is 5.21. The number of nitrogens with one attached hydrogen (secondary N) is 1. The quantitative estimate of drug-likeness (QED) is 0.610. The van der Waals surface area contributed by atoms with Crippen molar-refractivity contribution in [3.8, 4) is 0 Å². The maximum atomic E-state index is 12.3. The molecule has 0 atom stereocenters. The van der Waals surface area contributed by atoms with Crippen LogP contribution in [0.2, 0.25) is 0 Å². The van der Waals surface area contributed by atoms with Gasteiger partial charge in [0.25, 0.3) is 5.91 Å². The number of carbonyl (C=O) groups excluding carboxylic acids is 3. The van der Waals surface area contributed by atoms with E-state index in [0.717, 1.165) is 5.56 Å². The molecular weight excluding hydrogens is 294 g/mol. The number of fused-ring (bicyclic) bond motifs is 1. The second-order valence-electron chi connectivity index (χ2n) is 5.21. The Hall–Kier alpha value is -3.15. The Balaban J connectivity index is 1.73. The lowest BCUT2D eigenvalue weighted by Crippen LogP contribution is -2.44. The highest BCUT2D eigenvalue weighted by atomic mass is 16.2. The van der Waals surface area contributed by atoms with Gasteiger partial charge in [-0.3, -0.25) is 19.7 Å². The first-order chi connectivity index (χ1) is 11.1. The number of carbonyl (C=O) groups is 3. The van der Waals surface area contributed by atoms with Gasteiger partial charge in [0, 0.05) is 17.9 Å². The van der Waals surface area contributed by atoms with Gasteiger partial charge in [0.15, 0.2) is 0 Å². The normalized spacial score (nSPS) is 12.6. The summed E-state index contributed by atoms with van der Waals surface area (Å²) in [7, 11) is 0. The Morgan fingerprint density at radius 3 is 2.48 bits per heavy atom. The van der Waals surface area contributed by atoms with Gasteiger partial charge in [-0.25, -0.2) is 0 Å². The van der Waals surface area contributed by atoms with Gasteiger partial charge in [-0.05, 0) is 30.2 Å². The van der Waals surface area contributed by atoms with E-state index in [2.05, 4.69) is 5.32 Å². The number of hydrogen-bond acceptors (Lipinski definition) is 4. The fourth-order valence-electron chi connectivity index (χ4n) is 2.60. The van der Waals surface area contributed by atoms with Crippen LogP contribution in [0.1, 0.15) is 15.9 Å². The van der Waals surface area contributed by atoms with Gasteiger partial charge < -0.3 is 10.6 Å². The molecule has 0 saturated heterocycles. The fraction of sp³-hybridized carbons (Fsp3) is 0.118. The third-order valence-corrected chi connectivity index (χ3v) is 3.76. The van der Waals surface area contributed by atoms with Crippen LogP contribution in [0, 0.1) is 0 Å². The van der Waals surface area contributed by atoms with E-state index in [0.29, 0.717) is 18.7 Å². The average Bonchev–Trinajstić information content (AvgIpc) is 2.98. The lowest BCUT2D eigenvalue weighted by atomic mass is 10.1. The number of rotatable bonds is 1. The van der Waals surface area contributed by atoms with Crippen LogP contribution < -0.4 is 16.0 Å². The Labute approximate surface area is 132 Å². The Kier molecular flexibility index (Phi) is 3.80. The molecule has 0 unspecified atom stereocenters. The van der Waals surface area contributed by atoms with E-state index in [1.807, 2.05) is 12.1 Å². The Morgan fingerprint density at radius 2 is 1.70 bits per heavy atom. The molecule has 0 aromatic heterocycles. The molecule has 1 aliphatic heterocycles. The summed E-state index contributed by atoms with van der Waals surface area (Å²) in [6.07, 6.45) is 0.689. The van der Waals surface area contributed by atoms with Gasteiger partial charge in [-0.15, -0.1) is 0 Å². The summed E-state index contributed by atoms with van der Waals surface area (Å²) >= 11 is 0. The Bertz CT molecular complexity index is 801. The molecular formula is C17H15N3O3. The first-order valence-corrected chi connectivity index (χ1v) is 7.17. The van der Waals surface area contributed by atoms with Gasteiger partial charge >= 0.3 is 11.8 Å². The van der Waals surface area contributed by atoms with Crippen LogP contribution in [0.5, 0.6) is 0 Å². The third kappa shape index (κ3) is 2.78. The van der Waals surface area contributed by atoms with Gasteiger partial charge in [0.05, 0.1) is 5.56 Å². The predicted molar refractivity (Wildman–Crippen MR) is 85.8 cm³/mol. The molecule has 2 aromatic carbocycles. The predicted octanol–water partition coefficient (Wildman–Crippen LogP) is 1.11. The average molecular weight is 309 g/mol. The van der Waals surface area contributed by atoms with Crippen LogP contribution in [0.15, 0.2) is 48.5 Å². The van der Waals surface area contributed by atoms with Gasteiger partial charge in [-0.2, -0.15) is 0 Å². The first kappa shape index (κ1) is 14.8. The van der Waals surface area contributed by atoms with Crippen molar-refractivity contribution >= 4 is 29.1 Å². The summed E-state index contributed by atoms with van der Waals surface area (Å²) < 4.78 is 0. The molecule has 3 N–H and O–H groups in total. The lowest BCUT2D eigenvalue weighted by molar-refractivity contribution is -0.137. The summed E-state index contributed by atoms with van der Waals surface area (Å²) in [5, 5.41) is 2.10. The number of imide groups is 1. The number of anilines is 2. The van der Waals surface area contributed by atoms with E-state index in [-0.39, 0.29) is 11.3 Å². The van der Waals surface area contributed by atoms with Gasteiger partial charge in [-0.1, -0.05) is 30.3 Å². The SMILES string of the molecule is Nc1ccccc1C(=O)NC(=O)C(=O)N1CCc2ccccc21. The van der Waals surface area contributed by atoms with Crippen molar-refractivity contribution in [2.45, 2.75) is 6.42 Å². The molecule has 0 aliphatic carbocycles. The van der Waals surface area contributed by atoms with Crippen molar-refractivity contribution < 1.29 is 14.4 Å². The molecule has 1 aliphatic rings. The molecule has 6 heteroatoms. The molecule has 2 aromatic rings. The molecule has 0 bridgehead atoms. The van der Waals surface area contributed by atoms with Crippen molar-refractivity contribution in [3.05, 3.63) is 59.7 Å². The minimum absolute atomic E-state index is 0.162. The largest absolute Gasteiger partial charge is 0.398 e. The number of para-hydroxylation sites is 2. The van der Waals surface area contributed by atoms with Crippen molar-refractivity contribution in [2.24, 2.45) is 0 Å². The van der Waals surface area contributed by atoms with Crippen LogP contribution in [0.4, 0.5) is 11.4 Å². The second kappa shape index (κ2) is 5.92. The Morgan fingerprint density at radius 1 is 1.00 bits per heavy atom. The first-order valence-electron chi connectivity index (χ1n) is 7.17. The monoisotopic (exact) mass is 309 g/mol. The molecule has 0 fully saturated rings. The third-order valence-electron chi connectivity index (χ3n) is 3.76. The number of amides is 3. The number of nitrogens with two attached hydrogens (primary N) is 1. The molecule has 3 amide bonds. The topological polar surface area (TPSA) is 92.5 Å². The van der Waals surface area contributed by atoms with Crippen LogP contribution in [0.25, 0.3) is 0 Å². The summed E-state index contributed by atoms with van der Waals surface area (Å²) in [5.41, 5.74) is 7.82. The molecule has 0 radical (unpaired) electrons. The summed E-state index contributed by atoms with van der Waals surface area (Å²) in [6.45, 7) is 0.424. The van der Waals surface area contributed by atoms with Crippen molar-refractivity contribution in [3.63, 3.8) is 0 Å². The summed E-state index contributed by atoms with van der Waals surface area (Å²) in [6, 6.07) is 13.7. The highest BCUT2D eigenvalue weighted by Gasteiger charge is 2.30. The van der Waals surface area contributed by atoms with E-state index < -0.39 is 17.7 Å². The maximum Gasteiger partial charge on any atom is 0.316 e. The molecule has 6 nitrogen and oxygen atoms in total. The van der Waals surface area contributed by atoms with Crippen LogP contribution in [0.3, 0.4) is 0 Å². The number of benzene rings is 2. The smallest absolute Gasteiger partial charge is 0.316 e. The lowest BCUT2D eigenvalue weighted by Gasteiger charge is -2.16. The zero-order chi connectivity index (χ0) is 16.4. The van der Waals surface area contributed by atoms with Crippen LogP contribution in [-0.2, 0) is 16.0 Å². The number of nitrogens with zero attached hydrogens (tertiary/aromatic N) is 1. The minimum Gasteiger partial charge on any atom is -0.398 e. The van der Waals surface area contributed by atoms with E-state index in [1.54, 1.807) is 30.3 Å². The molecule has 1 heterocycles. The molecule has 0 spiro atoms. The number of hydrogen-bond donors (Lipinski definition) is 2. The highest BCUT2D eigenvalue weighted by Crippen LogP contribution is 2.27. The minimum atomic E-state index is -0.963. The maximum absolute atomic E-state index is 12.3. The van der Waals surface area contributed by atoms with E-state index in [9.17, 15) is 14.4 Å². The van der Waals surface area contributed by atoms with Crippen molar-refractivity contribution in [1.82, 2.24) is 5.32 Å². The van der Waals surface area contributed by atoms with E-state index >= 15 is 0 Å². The zero-order valence-electron chi connectivity index (χ0n) is 12.3. The van der Waals surface area contributed by atoms with E-state index in [4.69, 9.17) is 5.73 Å². The fourth-order valence-corrected chi connectivity index (χ4v) is 2.60. The van der Waals surface area contributed by atoms with Gasteiger partial charge in [0.2, 0.25) is 0 Å². The zero-order valence-corrected chi connectivity index (χ0v) is 12.3. The molecule has 3 rings (SSSR count). The van der Waals surface area contributed by atoms with E-state index in [1.165, 1.54) is 11.0 Å². The molecule has 23 heavy (non-hydrogen) atoms. The highest BCUT2D eigenvalue weighted by molar-refractivity contribution is 6.43.